The molecule has 0 heterocycles. The Morgan fingerprint density at radius 1 is 1.30 bits per heavy atom. The first kappa shape index (κ1) is 16.5. The molecule has 0 saturated heterocycles. The topological polar surface area (TPSA) is 72.6 Å². The minimum absolute atomic E-state index is 0.394. The zero-order chi connectivity index (χ0) is 15.7. The zero-order valence-electron chi connectivity index (χ0n) is 11.6. The lowest BCUT2D eigenvalue weighted by atomic mass is 9.82. The van der Waals surface area contributed by atoms with E-state index in [4.69, 9.17) is 4.65 Å². The van der Waals surface area contributed by atoms with Crippen LogP contribution in [0.3, 0.4) is 0 Å². The van der Waals surface area contributed by atoms with Crippen LogP contribution in [-0.4, -0.2) is 28.7 Å². The molecule has 0 unspecified atom stereocenters. The number of nitro groups is 1. The highest BCUT2D eigenvalue weighted by molar-refractivity contribution is 6.47. The molecule has 0 aromatic heterocycles. The Balaban J connectivity index is 3.03. The predicted octanol–water partition coefficient (Wildman–Crippen LogP) is 1.68. The first-order valence-corrected chi connectivity index (χ1v) is 5.82. The molecular weight excluding hydrogens is 271 g/mol. The van der Waals surface area contributed by atoms with Crippen LogP contribution in [-0.2, 0) is 4.65 Å². The summed E-state index contributed by atoms with van der Waals surface area (Å²) in [6.45, 7) is 6.08. The van der Waals surface area contributed by atoms with Gasteiger partial charge in [-0.25, -0.2) is 4.39 Å². The Morgan fingerprint density at radius 3 is 2.30 bits per heavy atom. The maximum Gasteiger partial charge on any atom is 0.334 e. The Bertz CT molecular complexity index is 529. The van der Waals surface area contributed by atoms with E-state index in [0.29, 0.717) is 6.07 Å². The number of benzene rings is 1. The lowest BCUT2D eigenvalue weighted by molar-refractivity contribution is -0.387. The van der Waals surface area contributed by atoms with E-state index in [2.05, 4.69) is 0 Å². The van der Waals surface area contributed by atoms with E-state index in [0.717, 1.165) is 13.5 Å². The average molecular weight is 286 g/mol. The van der Waals surface area contributed by atoms with Crippen molar-refractivity contribution in [2.45, 2.75) is 38.9 Å². The standard InChI is InChI=1S/C12H15BF2NO4/c1-11(2,17)12(3,4)20-13-8-5-7(14)6-9(10(8)15)16(18)19/h5-6,17H,1-4H3. The molecule has 1 N–H and O–H groups in total. The van der Waals surface area contributed by atoms with Gasteiger partial charge in [-0.3, -0.25) is 10.1 Å². The number of nitrogens with zero attached hydrogens (tertiary/aromatic N) is 1. The highest BCUT2D eigenvalue weighted by atomic mass is 19.1. The Hall–Kier alpha value is -1.54. The summed E-state index contributed by atoms with van der Waals surface area (Å²) < 4.78 is 32.3. The number of rotatable bonds is 5. The molecule has 0 aliphatic heterocycles. The first-order valence-electron chi connectivity index (χ1n) is 5.82. The Morgan fingerprint density at radius 2 is 1.85 bits per heavy atom. The van der Waals surface area contributed by atoms with Crippen molar-refractivity contribution >= 4 is 18.6 Å². The molecule has 0 aliphatic rings. The van der Waals surface area contributed by atoms with Crippen LogP contribution in [0.15, 0.2) is 12.1 Å². The molecule has 0 spiro atoms. The molecule has 0 saturated carbocycles. The van der Waals surface area contributed by atoms with Crippen LogP contribution in [0.2, 0.25) is 0 Å². The van der Waals surface area contributed by atoms with Crippen molar-refractivity contribution < 1.29 is 23.5 Å². The van der Waals surface area contributed by atoms with Gasteiger partial charge in [0.15, 0.2) is 5.82 Å². The van der Waals surface area contributed by atoms with Gasteiger partial charge < -0.3 is 9.76 Å². The summed E-state index contributed by atoms with van der Waals surface area (Å²) in [6.07, 6.45) is 0. The van der Waals surface area contributed by atoms with Gasteiger partial charge in [-0.15, -0.1) is 0 Å². The number of halogens is 2. The Labute approximate surface area is 116 Å². The lowest BCUT2D eigenvalue weighted by Gasteiger charge is -2.37. The molecule has 1 radical (unpaired) electrons. The molecule has 109 valence electrons. The van der Waals surface area contributed by atoms with Crippen molar-refractivity contribution in [2.24, 2.45) is 0 Å². The van der Waals surface area contributed by atoms with Crippen molar-refractivity contribution in [1.82, 2.24) is 0 Å². The summed E-state index contributed by atoms with van der Waals surface area (Å²) >= 11 is 0. The molecule has 5 nitrogen and oxygen atoms in total. The first-order chi connectivity index (χ1) is 8.95. The van der Waals surface area contributed by atoms with Crippen LogP contribution in [0.25, 0.3) is 0 Å². The fourth-order valence-corrected chi connectivity index (χ4v) is 1.17. The fourth-order valence-electron chi connectivity index (χ4n) is 1.17. The summed E-state index contributed by atoms with van der Waals surface area (Å²) in [5.41, 5.74) is -3.71. The van der Waals surface area contributed by atoms with Gasteiger partial charge in [0.05, 0.1) is 22.2 Å². The lowest BCUT2D eigenvalue weighted by Crippen LogP contribution is -2.49. The third-order valence-electron chi connectivity index (χ3n) is 3.20. The summed E-state index contributed by atoms with van der Waals surface area (Å²) in [6, 6.07) is 1.27. The van der Waals surface area contributed by atoms with Crippen molar-refractivity contribution in [3.63, 3.8) is 0 Å². The van der Waals surface area contributed by atoms with Gasteiger partial charge in [0.1, 0.15) is 5.82 Å². The molecule has 8 heteroatoms. The number of aliphatic hydroxyl groups is 1. The predicted molar refractivity (Wildman–Crippen MR) is 69.9 cm³/mol. The summed E-state index contributed by atoms with van der Waals surface area (Å²) in [5.74, 6) is -2.14. The number of hydrogen-bond donors (Lipinski definition) is 1. The zero-order valence-corrected chi connectivity index (χ0v) is 11.6. The van der Waals surface area contributed by atoms with Gasteiger partial charge in [-0.2, -0.15) is 4.39 Å². The quantitative estimate of drug-likeness (QED) is 0.508. The molecular formula is C12H15BF2NO4. The molecule has 0 amide bonds. The smallest absolute Gasteiger partial charge is 0.334 e. The maximum atomic E-state index is 13.8. The third kappa shape index (κ3) is 3.52. The SMILES string of the molecule is CC(C)(O)C(C)(C)O[B]c1cc(F)cc([N+](=O)[O-])c1F. The van der Waals surface area contributed by atoms with E-state index < -0.39 is 38.9 Å². The van der Waals surface area contributed by atoms with E-state index in [1.54, 1.807) is 13.8 Å². The Kier molecular flexibility index (Phi) is 4.50. The number of nitro benzene ring substituents is 1. The van der Waals surface area contributed by atoms with Gasteiger partial charge in [0.25, 0.3) is 0 Å². The van der Waals surface area contributed by atoms with Crippen molar-refractivity contribution in [3.05, 3.63) is 33.9 Å². The van der Waals surface area contributed by atoms with E-state index >= 15 is 0 Å². The van der Waals surface area contributed by atoms with Crippen LogP contribution in [0, 0.1) is 21.7 Å². The number of hydrogen-bond acceptors (Lipinski definition) is 4. The van der Waals surface area contributed by atoms with Gasteiger partial charge in [-0.05, 0) is 39.2 Å². The minimum atomic E-state index is -1.25. The monoisotopic (exact) mass is 286 g/mol. The van der Waals surface area contributed by atoms with Crippen molar-refractivity contribution in [3.8, 4) is 0 Å². The van der Waals surface area contributed by atoms with E-state index in [9.17, 15) is 24.0 Å². The van der Waals surface area contributed by atoms with E-state index in [1.165, 1.54) is 13.8 Å². The summed E-state index contributed by atoms with van der Waals surface area (Å²) in [7, 11) is 0.864. The van der Waals surface area contributed by atoms with Crippen LogP contribution in [0.5, 0.6) is 0 Å². The maximum absolute atomic E-state index is 13.8. The molecule has 0 bridgehead atoms. The summed E-state index contributed by atoms with van der Waals surface area (Å²) in [4.78, 5) is 9.57. The fraction of sp³-hybridized carbons (Fsp3) is 0.500. The van der Waals surface area contributed by atoms with Gasteiger partial charge >= 0.3 is 13.2 Å². The van der Waals surface area contributed by atoms with Gasteiger partial charge in [-0.1, -0.05) is 0 Å². The van der Waals surface area contributed by atoms with Crippen LogP contribution in [0.4, 0.5) is 14.5 Å². The molecule has 1 aromatic carbocycles. The second-order valence-electron chi connectivity index (χ2n) is 5.39. The van der Waals surface area contributed by atoms with Crippen LogP contribution < -0.4 is 5.46 Å². The second kappa shape index (κ2) is 5.45. The molecule has 1 rings (SSSR count). The normalized spacial score (nSPS) is 12.3. The van der Waals surface area contributed by atoms with Crippen molar-refractivity contribution in [2.75, 3.05) is 0 Å². The highest BCUT2D eigenvalue weighted by Gasteiger charge is 2.36. The van der Waals surface area contributed by atoms with E-state index in [1.807, 2.05) is 0 Å². The molecule has 0 atom stereocenters. The minimum Gasteiger partial charge on any atom is -0.427 e. The van der Waals surface area contributed by atoms with Crippen molar-refractivity contribution in [1.29, 1.82) is 0 Å². The van der Waals surface area contributed by atoms with Gasteiger partial charge in [0, 0.05) is 0 Å². The largest absolute Gasteiger partial charge is 0.427 e. The van der Waals surface area contributed by atoms with Crippen LogP contribution in [0.1, 0.15) is 27.7 Å². The molecule has 0 aliphatic carbocycles. The highest BCUT2D eigenvalue weighted by Crippen LogP contribution is 2.24. The average Bonchev–Trinajstić information content (AvgIpc) is 2.28. The molecule has 0 fully saturated rings. The third-order valence-corrected chi connectivity index (χ3v) is 3.20. The van der Waals surface area contributed by atoms with E-state index in [-0.39, 0.29) is 0 Å². The molecule has 1 aromatic rings. The van der Waals surface area contributed by atoms with Crippen LogP contribution >= 0.6 is 0 Å². The summed E-state index contributed by atoms with van der Waals surface area (Å²) in [5, 5.41) is 20.5. The second-order valence-corrected chi connectivity index (χ2v) is 5.39. The van der Waals surface area contributed by atoms with Gasteiger partial charge in [0.2, 0.25) is 0 Å². The molecule has 20 heavy (non-hydrogen) atoms.